The summed E-state index contributed by atoms with van der Waals surface area (Å²) >= 11 is 0. The van der Waals surface area contributed by atoms with Gasteiger partial charge >= 0.3 is 0 Å². The van der Waals surface area contributed by atoms with Crippen LogP contribution in [0.2, 0.25) is 0 Å². The molecule has 0 aromatic heterocycles. The SMILES string of the molecule is [CH]=CC(O)COc1ccc(F)cc1. The van der Waals surface area contributed by atoms with Crippen LogP contribution in [0.3, 0.4) is 0 Å². The molecule has 3 heteroatoms. The quantitative estimate of drug-likeness (QED) is 0.763. The first kappa shape index (κ1) is 9.74. The summed E-state index contributed by atoms with van der Waals surface area (Å²) in [6, 6.07) is 5.54. The maximum Gasteiger partial charge on any atom is 0.123 e. The minimum Gasteiger partial charge on any atom is -0.491 e. The lowest BCUT2D eigenvalue weighted by Crippen LogP contribution is -2.14. The Bertz CT molecular complexity index is 269. The summed E-state index contributed by atoms with van der Waals surface area (Å²) in [6.45, 7) is 5.12. The molecule has 0 heterocycles. The molecular formula is C10H10FO2. The average molecular weight is 181 g/mol. The molecule has 0 aliphatic rings. The van der Waals surface area contributed by atoms with Crippen molar-refractivity contribution in [2.24, 2.45) is 0 Å². The van der Waals surface area contributed by atoms with Gasteiger partial charge in [-0.25, -0.2) is 4.39 Å². The first-order valence-electron chi connectivity index (χ1n) is 3.84. The Balaban J connectivity index is 2.45. The molecule has 1 N–H and O–H groups in total. The van der Waals surface area contributed by atoms with Gasteiger partial charge < -0.3 is 9.84 Å². The summed E-state index contributed by atoms with van der Waals surface area (Å²) in [7, 11) is 0. The molecular weight excluding hydrogens is 171 g/mol. The van der Waals surface area contributed by atoms with Crippen LogP contribution in [0.5, 0.6) is 5.75 Å². The Morgan fingerprint density at radius 2 is 2.08 bits per heavy atom. The van der Waals surface area contributed by atoms with Gasteiger partial charge in [0.05, 0.1) is 0 Å². The van der Waals surface area contributed by atoms with Crippen LogP contribution in [0.4, 0.5) is 4.39 Å². The summed E-state index contributed by atoms with van der Waals surface area (Å²) in [5.74, 6) is 0.181. The lowest BCUT2D eigenvalue weighted by atomic mass is 10.3. The van der Waals surface area contributed by atoms with E-state index in [9.17, 15) is 4.39 Å². The Labute approximate surface area is 76.3 Å². The van der Waals surface area contributed by atoms with Crippen molar-refractivity contribution in [3.05, 3.63) is 42.7 Å². The van der Waals surface area contributed by atoms with Gasteiger partial charge in [-0.1, -0.05) is 12.7 Å². The minimum absolute atomic E-state index is 0.0716. The molecule has 0 aliphatic carbocycles. The highest BCUT2D eigenvalue weighted by atomic mass is 19.1. The van der Waals surface area contributed by atoms with Crippen molar-refractivity contribution in [2.75, 3.05) is 6.61 Å². The fourth-order valence-corrected chi connectivity index (χ4v) is 0.768. The standard InChI is InChI=1S/C10H10FO2/c1-2-9(12)7-13-10-5-3-8(11)4-6-10/h1-6,9,12H,7H2. The van der Waals surface area contributed by atoms with Gasteiger partial charge in [-0.15, -0.1) is 0 Å². The molecule has 0 spiro atoms. The lowest BCUT2D eigenvalue weighted by Gasteiger charge is -2.07. The number of hydrogen-bond donors (Lipinski definition) is 1. The summed E-state index contributed by atoms with van der Waals surface area (Å²) in [6.07, 6.45) is 0.328. The zero-order chi connectivity index (χ0) is 9.68. The third-order valence-electron chi connectivity index (χ3n) is 1.46. The van der Waals surface area contributed by atoms with Crippen LogP contribution in [0.1, 0.15) is 0 Å². The molecule has 1 aromatic carbocycles. The van der Waals surface area contributed by atoms with Gasteiger partial charge in [0.2, 0.25) is 0 Å². The Morgan fingerprint density at radius 1 is 1.46 bits per heavy atom. The van der Waals surface area contributed by atoms with Crippen LogP contribution >= 0.6 is 0 Å². The molecule has 0 saturated heterocycles. The van der Waals surface area contributed by atoms with E-state index < -0.39 is 6.10 Å². The molecule has 1 unspecified atom stereocenters. The first-order chi connectivity index (χ1) is 6.22. The van der Waals surface area contributed by atoms with E-state index >= 15 is 0 Å². The highest BCUT2D eigenvalue weighted by molar-refractivity contribution is 5.22. The first-order valence-corrected chi connectivity index (χ1v) is 3.84. The number of aliphatic hydroxyl groups is 1. The molecule has 69 valence electrons. The second kappa shape index (κ2) is 4.62. The van der Waals surface area contributed by atoms with Crippen LogP contribution in [-0.4, -0.2) is 17.8 Å². The monoisotopic (exact) mass is 181 g/mol. The van der Waals surface area contributed by atoms with E-state index in [1.54, 1.807) is 0 Å². The van der Waals surface area contributed by atoms with Gasteiger partial charge in [-0.3, -0.25) is 0 Å². The number of benzene rings is 1. The van der Waals surface area contributed by atoms with E-state index in [0.717, 1.165) is 6.08 Å². The van der Waals surface area contributed by atoms with Gasteiger partial charge in [0.15, 0.2) is 0 Å². The molecule has 0 aliphatic heterocycles. The van der Waals surface area contributed by atoms with Crippen molar-refractivity contribution in [3.8, 4) is 5.75 Å². The highest BCUT2D eigenvalue weighted by Gasteiger charge is 1.99. The van der Waals surface area contributed by atoms with Crippen molar-refractivity contribution in [1.29, 1.82) is 0 Å². The number of hydrogen-bond acceptors (Lipinski definition) is 2. The van der Waals surface area contributed by atoms with Gasteiger partial charge in [-0.2, -0.15) is 0 Å². The van der Waals surface area contributed by atoms with Crippen molar-refractivity contribution < 1.29 is 14.2 Å². The van der Waals surface area contributed by atoms with Crippen molar-refractivity contribution in [3.63, 3.8) is 0 Å². The number of halogens is 1. The van der Waals surface area contributed by atoms with E-state index in [4.69, 9.17) is 16.4 Å². The fourth-order valence-electron chi connectivity index (χ4n) is 0.768. The molecule has 0 fully saturated rings. The van der Waals surface area contributed by atoms with Crippen molar-refractivity contribution in [2.45, 2.75) is 6.10 Å². The average Bonchev–Trinajstić information content (AvgIpc) is 2.16. The van der Waals surface area contributed by atoms with E-state index in [-0.39, 0.29) is 12.4 Å². The maximum atomic E-state index is 12.4. The smallest absolute Gasteiger partial charge is 0.123 e. The van der Waals surface area contributed by atoms with Gasteiger partial charge in [-0.05, 0) is 24.3 Å². The molecule has 1 rings (SSSR count). The Hall–Kier alpha value is -1.35. The minimum atomic E-state index is -0.801. The van der Waals surface area contributed by atoms with Crippen LogP contribution in [0.25, 0.3) is 0 Å². The van der Waals surface area contributed by atoms with Crippen molar-refractivity contribution >= 4 is 0 Å². The molecule has 0 saturated carbocycles. The largest absolute Gasteiger partial charge is 0.491 e. The van der Waals surface area contributed by atoms with Crippen LogP contribution in [-0.2, 0) is 0 Å². The zero-order valence-corrected chi connectivity index (χ0v) is 6.98. The van der Waals surface area contributed by atoms with E-state index in [0.29, 0.717) is 5.75 Å². The van der Waals surface area contributed by atoms with Crippen LogP contribution < -0.4 is 4.74 Å². The lowest BCUT2D eigenvalue weighted by molar-refractivity contribution is 0.144. The van der Waals surface area contributed by atoms with Crippen LogP contribution in [0, 0.1) is 12.4 Å². The number of ether oxygens (including phenoxy) is 1. The van der Waals surface area contributed by atoms with Crippen molar-refractivity contribution in [1.82, 2.24) is 0 Å². The topological polar surface area (TPSA) is 29.5 Å². The molecule has 0 amide bonds. The van der Waals surface area contributed by atoms with E-state index in [2.05, 4.69) is 0 Å². The second-order valence-electron chi connectivity index (χ2n) is 2.52. The van der Waals surface area contributed by atoms with E-state index in [1.165, 1.54) is 24.3 Å². The molecule has 2 nitrogen and oxygen atoms in total. The van der Waals surface area contributed by atoms with Gasteiger partial charge in [0.1, 0.15) is 24.3 Å². The third-order valence-corrected chi connectivity index (χ3v) is 1.46. The second-order valence-corrected chi connectivity index (χ2v) is 2.52. The molecule has 0 bridgehead atoms. The summed E-state index contributed by atoms with van der Waals surface area (Å²) < 4.78 is 17.5. The summed E-state index contributed by atoms with van der Waals surface area (Å²) in [4.78, 5) is 0. The molecule has 1 radical (unpaired) electrons. The molecule has 1 aromatic rings. The fraction of sp³-hybridized carbons (Fsp3) is 0.200. The summed E-state index contributed by atoms with van der Waals surface area (Å²) in [5, 5.41) is 8.99. The summed E-state index contributed by atoms with van der Waals surface area (Å²) in [5.41, 5.74) is 0. The van der Waals surface area contributed by atoms with Gasteiger partial charge in [0, 0.05) is 0 Å². The normalized spacial score (nSPS) is 12.2. The zero-order valence-electron chi connectivity index (χ0n) is 6.98. The maximum absolute atomic E-state index is 12.4. The van der Waals surface area contributed by atoms with E-state index in [1.807, 2.05) is 0 Å². The number of aliphatic hydroxyl groups excluding tert-OH is 1. The highest BCUT2D eigenvalue weighted by Crippen LogP contribution is 2.11. The molecule has 13 heavy (non-hydrogen) atoms. The molecule has 1 atom stereocenters. The Kier molecular flexibility index (Phi) is 3.46. The predicted octanol–water partition coefficient (Wildman–Crippen LogP) is 1.55. The van der Waals surface area contributed by atoms with Gasteiger partial charge in [0.25, 0.3) is 0 Å². The number of rotatable bonds is 4. The third kappa shape index (κ3) is 3.25. The predicted molar refractivity (Wildman–Crippen MR) is 46.8 cm³/mol. The van der Waals surface area contributed by atoms with Crippen LogP contribution in [0.15, 0.2) is 30.3 Å². The Morgan fingerprint density at radius 3 is 2.62 bits per heavy atom.